The summed E-state index contributed by atoms with van der Waals surface area (Å²) in [6.07, 6.45) is 1.43. The van der Waals surface area contributed by atoms with E-state index < -0.39 is 23.5 Å². The SMILES string of the molecule is O=C(O)C1=COC(C(=O)O)=CO1. The van der Waals surface area contributed by atoms with Gasteiger partial charge in [0.2, 0.25) is 11.5 Å². The highest BCUT2D eigenvalue weighted by molar-refractivity contribution is 5.87. The maximum absolute atomic E-state index is 10.2. The molecule has 0 unspecified atom stereocenters. The van der Waals surface area contributed by atoms with E-state index in [1.54, 1.807) is 0 Å². The minimum absolute atomic E-state index is 0.458. The molecule has 0 aromatic carbocycles. The molecule has 0 aromatic rings. The lowest BCUT2D eigenvalue weighted by molar-refractivity contribution is -0.139. The Kier molecular flexibility index (Phi) is 2.00. The third-order valence-corrected chi connectivity index (χ3v) is 1.01. The van der Waals surface area contributed by atoms with Gasteiger partial charge in [-0.15, -0.1) is 0 Å². The zero-order chi connectivity index (χ0) is 9.14. The maximum atomic E-state index is 10.2. The van der Waals surface area contributed by atoms with Gasteiger partial charge in [0.25, 0.3) is 0 Å². The van der Waals surface area contributed by atoms with Crippen molar-refractivity contribution >= 4 is 11.9 Å². The number of carbonyl (C=O) groups is 2. The van der Waals surface area contributed by atoms with Crippen LogP contribution in [0.25, 0.3) is 0 Å². The van der Waals surface area contributed by atoms with Crippen molar-refractivity contribution in [3.05, 3.63) is 24.0 Å². The van der Waals surface area contributed by atoms with Crippen LogP contribution in [0.2, 0.25) is 0 Å². The van der Waals surface area contributed by atoms with Crippen molar-refractivity contribution in [3.63, 3.8) is 0 Å². The molecule has 1 heterocycles. The highest BCUT2D eigenvalue weighted by Gasteiger charge is 2.18. The van der Waals surface area contributed by atoms with Crippen LogP contribution in [-0.2, 0) is 19.1 Å². The van der Waals surface area contributed by atoms with E-state index in [2.05, 4.69) is 9.47 Å². The molecule has 12 heavy (non-hydrogen) atoms. The van der Waals surface area contributed by atoms with Gasteiger partial charge in [0.15, 0.2) is 0 Å². The highest BCUT2D eigenvalue weighted by Crippen LogP contribution is 2.11. The molecule has 0 bridgehead atoms. The molecular weight excluding hydrogens is 168 g/mol. The summed E-state index contributed by atoms with van der Waals surface area (Å²) < 4.78 is 8.81. The summed E-state index contributed by atoms with van der Waals surface area (Å²) in [7, 11) is 0. The lowest BCUT2D eigenvalue weighted by atomic mass is 10.5. The topological polar surface area (TPSA) is 93.1 Å². The fraction of sp³-hybridized carbons (Fsp3) is 0. The molecule has 6 nitrogen and oxygen atoms in total. The molecule has 0 radical (unpaired) electrons. The number of hydrogen-bond donors (Lipinski definition) is 2. The van der Waals surface area contributed by atoms with Gasteiger partial charge in [0, 0.05) is 0 Å². The fourth-order valence-corrected chi connectivity index (χ4v) is 0.491. The van der Waals surface area contributed by atoms with Crippen LogP contribution >= 0.6 is 0 Å². The highest BCUT2D eigenvalue weighted by atomic mass is 16.6. The Balaban J connectivity index is 2.66. The summed E-state index contributed by atoms with van der Waals surface area (Å²) in [4.78, 5) is 20.4. The zero-order valence-electron chi connectivity index (χ0n) is 5.68. The van der Waals surface area contributed by atoms with Crippen molar-refractivity contribution in [2.45, 2.75) is 0 Å². The van der Waals surface area contributed by atoms with Gasteiger partial charge in [-0.3, -0.25) is 0 Å². The molecule has 1 rings (SSSR count). The fourth-order valence-electron chi connectivity index (χ4n) is 0.491. The number of carboxylic acid groups (broad SMARTS) is 2. The molecule has 1 aliphatic rings. The van der Waals surface area contributed by atoms with Crippen LogP contribution in [0, 0.1) is 0 Å². The van der Waals surface area contributed by atoms with Crippen molar-refractivity contribution in [2.75, 3.05) is 0 Å². The van der Waals surface area contributed by atoms with E-state index in [1.165, 1.54) is 0 Å². The monoisotopic (exact) mass is 172 g/mol. The Morgan fingerprint density at radius 2 is 1.33 bits per heavy atom. The van der Waals surface area contributed by atoms with Crippen molar-refractivity contribution in [3.8, 4) is 0 Å². The number of ether oxygens (including phenoxy) is 2. The molecule has 0 saturated carbocycles. The molecule has 0 aromatic heterocycles. The van der Waals surface area contributed by atoms with Gasteiger partial charge in [0.05, 0.1) is 0 Å². The molecule has 0 amide bonds. The van der Waals surface area contributed by atoms with Crippen molar-refractivity contribution in [1.82, 2.24) is 0 Å². The van der Waals surface area contributed by atoms with E-state index >= 15 is 0 Å². The van der Waals surface area contributed by atoms with E-state index in [9.17, 15) is 9.59 Å². The molecule has 64 valence electrons. The second-order valence-corrected chi connectivity index (χ2v) is 1.81. The molecule has 1 aliphatic heterocycles. The summed E-state index contributed by atoms with van der Waals surface area (Å²) in [5.41, 5.74) is 0. The summed E-state index contributed by atoms with van der Waals surface area (Å²) in [6, 6.07) is 0. The van der Waals surface area contributed by atoms with Crippen LogP contribution in [0.1, 0.15) is 0 Å². The summed E-state index contributed by atoms with van der Waals surface area (Å²) >= 11 is 0. The smallest absolute Gasteiger partial charge is 0.375 e. The van der Waals surface area contributed by atoms with E-state index in [1.807, 2.05) is 0 Å². The van der Waals surface area contributed by atoms with Gasteiger partial charge in [-0.05, 0) is 0 Å². The summed E-state index contributed by atoms with van der Waals surface area (Å²) in [5, 5.41) is 16.6. The van der Waals surface area contributed by atoms with Gasteiger partial charge in [-0.25, -0.2) is 9.59 Å². The van der Waals surface area contributed by atoms with Crippen molar-refractivity contribution in [2.24, 2.45) is 0 Å². The van der Waals surface area contributed by atoms with E-state index in [-0.39, 0.29) is 0 Å². The summed E-state index contributed by atoms with van der Waals surface area (Å²) in [6.45, 7) is 0. The predicted octanol–water partition coefficient (Wildman–Crippen LogP) is -0.115. The van der Waals surface area contributed by atoms with Gasteiger partial charge in [0.1, 0.15) is 12.5 Å². The Hall–Kier alpha value is -1.98. The molecule has 0 fully saturated rings. The van der Waals surface area contributed by atoms with Crippen LogP contribution in [-0.4, -0.2) is 22.2 Å². The minimum atomic E-state index is -1.32. The molecule has 0 aliphatic carbocycles. The average Bonchev–Trinajstić information content (AvgIpc) is 2.04. The largest absolute Gasteiger partial charge is 0.475 e. The Morgan fingerprint density at radius 1 is 1.00 bits per heavy atom. The first-order valence-corrected chi connectivity index (χ1v) is 2.81. The van der Waals surface area contributed by atoms with Crippen LogP contribution in [0.3, 0.4) is 0 Å². The van der Waals surface area contributed by atoms with Crippen LogP contribution in [0.15, 0.2) is 24.0 Å². The standard InChI is InChI=1S/C6H4O6/c7-5(8)3-1-11-4(2-12-3)6(9)10/h1-2H,(H,7,8)(H,9,10). The van der Waals surface area contributed by atoms with Crippen LogP contribution in [0.5, 0.6) is 0 Å². The van der Waals surface area contributed by atoms with Crippen molar-refractivity contribution in [1.29, 1.82) is 0 Å². The van der Waals surface area contributed by atoms with Gasteiger partial charge >= 0.3 is 11.9 Å². The predicted molar refractivity (Wildman–Crippen MR) is 33.6 cm³/mol. The molecule has 0 atom stereocenters. The third kappa shape index (κ3) is 1.54. The maximum Gasteiger partial charge on any atom is 0.375 e. The Morgan fingerprint density at radius 3 is 1.50 bits per heavy atom. The van der Waals surface area contributed by atoms with E-state index in [0.29, 0.717) is 12.5 Å². The number of rotatable bonds is 2. The first kappa shape index (κ1) is 8.12. The number of carboxylic acids is 2. The minimum Gasteiger partial charge on any atom is -0.475 e. The van der Waals surface area contributed by atoms with E-state index in [0.717, 1.165) is 0 Å². The lowest BCUT2D eigenvalue weighted by Gasteiger charge is -2.08. The quantitative estimate of drug-likeness (QED) is 0.603. The second kappa shape index (κ2) is 2.95. The van der Waals surface area contributed by atoms with Gasteiger partial charge in [-0.1, -0.05) is 0 Å². The van der Waals surface area contributed by atoms with Crippen LogP contribution in [0.4, 0.5) is 0 Å². The molecule has 2 N–H and O–H groups in total. The second-order valence-electron chi connectivity index (χ2n) is 1.81. The van der Waals surface area contributed by atoms with Gasteiger partial charge in [-0.2, -0.15) is 0 Å². The first-order valence-electron chi connectivity index (χ1n) is 2.81. The number of hydrogen-bond acceptors (Lipinski definition) is 4. The lowest BCUT2D eigenvalue weighted by Crippen LogP contribution is -2.11. The number of aliphatic carboxylic acids is 2. The first-order chi connectivity index (χ1) is 5.61. The van der Waals surface area contributed by atoms with E-state index in [4.69, 9.17) is 10.2 Å². The summed E-state index contributed by atoms with van der Waals surface area (Å²) in [5.74, 6) is -3.56. The zero-order valence-corrected chi connectivity index (χ0v) is 5.68. The average molecular weight is 172 g/mol. The normalized spacial score (nSPS) is 15.0. The molecule has 0 saturated heterocycles. The molecule has 6 heteroatoms. The van der Waals surface area contributed by atoms with Crippen molar-refractivity contribution < 1.29 is 29.3 Å². The van der Waals surface area contributed by atoms with Crippen LogP contribution < -0.4 is 0 Å². The Bertz CT molecular complexity index is 256. The molecule has 0 spiro atoms. The Labute approximate surface area is 66.3 Å². The molecular formula is C6H4O6. The third-order valence-electron chi connectivity index (χ3n) is 1.01. The van der Waals surface area contributed by atoms with Gasteiger partial charge < -0.3 is 19.7 Å².